The van der Waals surface area contributed by atoms with Gasteiger partial charge in [0.1, 0.15) is 5.75 Å². The number of carboxylic acids is 1. The molecule has 1 saturated heterocycles. The number of piperidine rings is 1. The van der Waals surface area contributed by atoms with Crippen molar-refractivity contribution in [1.82, 2.24) is 9.88 Å². The Balaban J connectivity index is 1.41. The summed E-state index contributed by atoms with van der Waals surface area (Å²) >= 11 is 6.06. The summed E-state index contributed by atoms with van der Waals surface area (Å²) in [4.78, 5) is 17.8. The molecule has 0 spiro atoms. The maximum absolute atomic E-state index is 13.1. The van der Waals surface area contributed by atoms with Crippen LogP contribution < -0.4 is 4.74 Å². The molecule has 2 heterocycles. The van der Waals surface area contributed by atoms with Gasteiger partial charge in [-0.2, -0.15) is 13.2 Å². The highest BCUT2D eigenvalue weighted by molar-refractivity contribution is 6.31. The number of pyridine rings is 1. The average molecular weight is 589 g/mol. The second-order valence-corrected chi connectivity index (χ2v) is 10.8. The summed E-state index contributed by atoms with van der Waals surface area (Å²) in [7, 11) is 1.59. The predicted molar refractivity (Wildman–Crippen MR) is 151 cm³/mol. The summed E-state index contributed by atoms with van der Waals surface area (Å²) in [5, 5.41) is 21.4. The van der Waals surface area contributed by atoms with Crippen LogP contribution in [-0.2, 0) is 11.0 Å². The Hall–Kier alpha value is -3.32. The summed E-state index contributed by atoms with van der Waals surface area (Å²) in [6.07, 6.45) is -0.952. The number of aliphatic hydroxyl groups excluding tert-OH is 1. The van der Waals surface area contributed by atoms with E-state index >= 15 is 0 Å². The largest absolute Gasteiger partial charge is 0.497 e. The van der Waals surface area contributed by atoms with Crippen LogP contribution in [0.25, 0.3) is 10.9 Å². The Morgan fingerprint density at radius 2 is 2.00 bits per heavy atom. The first kappa shape index (κ1) is 30.6. The molecule has 3 atom stereocenters. The number of hydrogen-bond acceptors (Lipinski definition) is 5. The van der Waals surface area contributed by atoms with Gasteiger partial charge >= 0.3 is 12.1 Å². The maximum atomic E-state index is 13.1. The van der Waals surface area contributed by atoms with E-state index in [-0.39, 0.29) is 28.8 Å². The number of nitrogens with zero attached hydrogens (tertiary/aromatic N) is 2. The third kappa shape index (κ3) is 8.13. The Bertz CT molecular complexity index is 1440. The van der Waals surface area contributed by atoms with E-state index in [4.69, 9.17) is 16.3 Å². The number of benzene rings is 2. The summed E-state index contributed by atoms with van der Waals surface area (Å²) < 4.78 is 44.5. The topological polar surface area (TPSA) is 82.9 Å². The van der Waals surface area contributed by atoms with Gasteiger partial charge < -0.3 is 14.9 Å². The van der Waals surface area contributed by atoms with Gasteiger partial charge in [0.2, 0.25) is 0 Å². The molecule has 2 aromatic carbocycles. The highest BCUT2D eigenvalue weighted by Crippen LogP contribution is 2.35. The molecule has 1 unspecified atom stereocenters. The summed E-state index contributed by atoms with van der Waals surface area (Å²) in [5.41, 5.74) is 0.857. The van der Waals surface area contributed by atoms with Gasteiger partial charge in [0, 0.05) is 30.1 Å². The molecule has 2 N–H and O–H groups in total. The van der Waals surface area contributed by atoms with Crippen molar-refractivity contribution >= 4 is 28.5 Å². The van der Waals surface area contributed by atoms with Crippen LogP contribution in [0.4, 0.5) is 13.2 Å². The lowest BCUT2D eigenvalue weighted by Gasteiger charge is -2.38. The second-order valence-electron chi connectivity index (χ2n) is 10.3. The quantitative estimate of drug-likeness (QED) is 0.275. The first-order valence-electron chi connectivity index (χ1n) is 13.5. The molecule has 3 aromatic rings. The van der Waals surface area contributed by atoms with Crippen molar-refractivity contribution in [3.63, 3.8) is 0 Å². The SMILES string of the molecule is COc1ccc2nccc(C(O)CC[C@@H]3CCN(CC#Cc4cc(C(F)(F)F)ccc4Cl)C[C@@H]3CCC(=O)O)c2c1. The zero-order valence-electron chi connectivity index (χ0n) is 22.6. The van der Waals surface area contributed by atoms with E-state index in [1.165, 1.54) is 6.07 Å². The minimum atomic E-state index is -4.48. The van der Waals surface area contributed by atoms with Crippen molar-refractivity contribution in [3.05, 3.63) is 70.4 Å². The second kappa shape index (κ2) is 13.6. The molecule has 0 radical (unpaired) electrons. The standard InChI is InChI=1S/C31H32ClF3N2O4/c1-41-24-7-9-28-26(18-24)25(12-14-36-28)29(38)10-4-20-13-16-37(19-22(20)5-11-30(39)40)15-2-3-21-17-23(31(33,34)35)6-8-27(21)32/h6-9,12,14,17-18,20,22,29,38H,4-5,10-11,13,15-16,19H2,1H3,(H,39,40)/t20-,22+,29?/m1/s1. The van der Waals surface area contributed by atoms with E-state index in [1.807, 2.05) is 24.3 Å². The van der Waals surface area contributed by atoms with Crippen LogP contribution >= 0.6 is 11.6 Å². The molecule has 1 aromatic heterocycles. The molecular weight excluding hydrogens is 557 g/mol. The number of carbonyl (C=O) groups is 1. The Morgan fingerprint density at radius 1 is 1.20 bits per heavy atom. The lowest BCUT2D eigenvalue weighted by molar-refractivity contribution is -0.138. The van der Waals surface area contributed by atoms with Crippen LogP contribution in [0.5, 0.6) is 5.75 Å². The average Bonchev–Trinajstić information content (AvgIpc) is 2.95. The zero-order valence-corrected chi connectivity index (χ0v) is 23.4. The van der Waals surface area contributed by atoms with E-state index in [9.17, 15) is 28.2 Å². The lowest BCUT2D eigenvalue weighted by atomic mass is 9.79. The number of halogens is 4. The van der Waals surface area contributed by atoms with Crippen molar-refractivity contribution in [2.24, 2.45) is 11.8 Å². The number of rotatable bonds is 9. The van der Waals surface area contributed by atoms with Crippen LogP contribution in [-0.4, -0.2) is 52.8 Å². The fourth-order valence-electron chi connectivity index (χ4n) is 5.45. The zero-order chi connectivity index (χ0) is 29.6. The van der Waals surface area contributed by atoms with Crippen molar-refractivity contribution in [3.8, 4) is 17.6 Å². The highest BCUT2D eigenvalue weighted by atomic mass is 35.5. The number of alkyl halides is 3. The Labute approximate surface area is 242 Å². The number of hydrogen-bond donors (Lipinski definition) is 2. The van der Waals surface area contributed by atoms with Gasteiger partial charge in [-0.1, -0.05) is 23.4 Å². The van der Waals surface area contributed by atoms with Crippen molar-refractivity contribution in [2.45, 2.75) is 44.4 Å². The normalized spacial score (nSPS) is 18.5. The molecule has 218 valence electrons. The van der Waals surface area contributed by atoms with Gasteiger partial charge in [-0.15, -0.1) is 0 Å². The molecule has 0 amide bonds. The summed E-state index contributed by atoms with van der Waals surface area (Å²) in [5.74, 6) is 5.82. The molecule has 6 nitrogen and oxygen atoms in total. The van der Waals surface area contributed by atoms with E-state index < -0.39 is 23.8 Å². The van der Waals surface area contributed by atoms with Crippen molar-refractivity contribution in [1.29, 1.82) is 0 Å². The molecule has 0 saturated carbocycles. The minimum Gasteiger partial charge on any atom is -0.497 e. The molecule has 1 aliphatic rings. The molecule has 0 bridgehead atoms. The number of aromatic nitrogens is 1. The van der Waals surface area contributed by atoms with Gasteiger partial charge in [0.25, 0.3) is 0 Å². The van der Waals surface area contributed by atoms with Crippen LogP contribution in [0.1, 0.15) is 54.9 Å². The number of carboxylic acid groups (broad SMARTS) is 1. The smallest absolute Gasteiger partial charge is 0.416 e. The van der Waals surface area contributed by atoms with Crippen LogP contribution in [0.3, 0.4) is 0 Å². The van der Waals surface area contributed by atoms with E-state index in [0.717, 1.165) is 41.4 Å². The molecule has 41 heavy (non-hydrogen) atoms. The third-order valence-electron chi connectivity index (χ3n) is 7.68. The first-order chi connectivity index (χ1) is 19.5. The van der Waals surface area contributed by atoms with Crippen LogP contribution in [0, 0.1) is 23.7 Å². The van der Waals surface area contributed by atoms with Crippen molar-refractivity contribution in [2.75, 3.05) is 26.7 Å². The lowest BCUT2D eigenvalue weighted by Crippen LogP contribution is -2.41. The molecule has 1 fully saturated rings. The first-order valence-corrected chi connectivity index (χ1v) is 13.8. The van der Waals surface area contributed by atoms with Gasteiger partial charge in [0.15, 0.2) is 0 Å². The van der Waals surface area contributed by atoms with Gasteiger partial charge in [0.05, 0.1) is 35.9 Å². The van der Waals surface area contributed by atoms with E-state index in [2.05, 4.69) is 21.7 Å². The van der Waals surface area contributed by atoms with Gasteiger partial charge in [-0.25, -0.2) is 0 Å². The molecule has 4 rings (SSSR count). The van der Waals surface area contributed by atoms with E-state index in [0.29, 0.717) is 38.2 Å². The Kier molecular flexibility index (Phi) is 10.1. The molecule has 10 heteroatoms. The Morgan fingerprint density at radius 3 is 2.73 bits per heavy atom. The van der Waals surface area contributed by atoms with E-state index in [1.54, 1.807) is 13.3 Å². The maximum Gasteiger partial charge on any atom is 0.416 e. The van der Waals surface area contributed by atoms with Crippen molar-refractivity contribution < 1.29 is 32.9 Å². The number of methoxy groups -OCH3 is 1. The van der Waals surface area contributed by atoms with Gasteiger partial charge in [-0.3, -0.25) is 14.7 Å². The summed E-state index contributed by atoms with van der Waals surface area (Å²) in [6.45, 7) is 1.66. The number of likely N-dealkylation sites (tertiary alicyclic amines) is 1. The van der Waals surface area contributed by atoms with Gasteiger partial charge in [-0.05, 0) is 92.1 Å². The highest BCUT2D eigenvalue weighted by Gasteiger charge is 2.31. The number of fused-ring (bicyclic) bond motifs is 1. The van der Waals surface area contributed by atoms with Crippen LogP contribution in [0.15, 0.2) is 48.7 Å². The minimum absolute atomic E-state index is 0.0396. The number of aliphatic hydroxyl groups is 1. The van der Waals surface area contributed by atoms with Crippen LogP contribution in [0.2, 0.25) is 5.02 Å². The molecule has 0 aliphatic carbocycles. The third-order valence-corrected chi connectivity index (χ3v) is 8.01. The number of ether oxygens (including phenoxy) is 1. The molecule has 1 aliphatic heterocycles. The monoisotopic (exact) mass is 588 g/mol. The fourth-order valence-corrected chi connectivity index (χ4v) is 5.62. The fraction of sp³-hybridized carbons (Fsp3) is 0.419. The number of aliphatic carboxylic acids is 1. The molecular formula is C31H32ClF3N2O4. The predicted octanol–water partition coefficient (Wildman–Crippen LogP) is 6.58. The summed E-state index contributed by atoms with van der Waals surface area (Å²) in [6, 6.07) is 10.4.